The van der Waals surface area contributed by atoms with Crippen molar-refractivity contribution >= 4 is 0 Å². The molecule has 1 heteroatoms. The largest absolute Gasteiger partial charge is 1.00 e. The molecule has 1 rings (SSSR count). The van der Waals surface area contributed by atoms with Crippen LogP contribution in [-0.4, -0.2) is 0 Å². The van der Waals surface area contributed by atoms with Crippen LogP contribution in [0.2, 0.25) is 0 Å². The van der Waals surface area contributed by atoms with Gasteiger partial charge in [0.05, 0.1) is 0 Å². The number of rotatable bonds is 0. The lowest BCUT2D eigenvalue weighted by Gasteiger charge is -1.94. The second-order valence-electron chi connectivity index (χ2n) is 1.29. The Labute approximate surface area is 44.3 Å². The zero-order chi connectivity index (χ0) is 5.11. The molecule has 1 nitrogen and oxygen atoms in total. The summed E-state index contributed by atoms with van der Waals surface area (Å²) >= 11 is 0. The lowest BCUT2D eigenvalue weighted by atomic mass is 10.2. The molecule has 0 aromatic heterocycles. The van der Waals surface area contributed by atoms with Gasteiger partial charge in [-0.05, 0) is 5.70 Å². The topological polar surface area (TPSA) is 23.8 Å². The monoisotopic (exact) mass is 92.0 g/mol. The van der Waals surface area contributed by atoms with Gasteiger partial charge >= 0.3 is 1.43 Å². The Morgan fingerprint density at radius 3 is 3.00 bits per heavy atom. The van der Waals surface area contributed by atoms with E-state index in [0.717, 1.165) is 0 Å². The van der Waals surface area contributed by atoms with Crippen molar-refractivity contribution in [3.05, 3.63) is 41.8 Å². The van der Waals surface area contributed by atoms with Crippen molar-refractivity contribution in [1.82, 2.24) is 0 Å². The van der Waals surface area contributed by atoms with Crippen LogP contribution in [0.3, 0.4) is 0 Å². The average molecular weight is 92.1 g/mol. The molecule has 0 unspecified atom stereocenters. The molecule has 0 fully saturated rings. The summed E-state index contributed by atoms with van der Waals surface area (Å²) in [5.41, 5.74) is 10.3. The molecule has 34 valence electrons. The van der Waals surface area contributed by atoms with Crippen LogP contribution in [0, 0.1) is 6.42 Å². The quantitative estimate of drug-likeness (QED) is 0.322. The van der Waals surface area contributed by atoms with Crippen LogP contribution >= 0.6 is 0 Å². The predicted octanol–water partition coefficient (Wildman–Crippen LogP) is 1.96. The highest BCUT2D eigenvalue weighted by molar-refractivity contribution is 5.32. The van der Waals surface area contributed by atoms with E-state index in [0.29, 0.717) is 5.70 Å². The first-order valence-corrected chi connectivity index (χ1v) is 2.07. The molecular weight excluding hydrogens is 86.1 g/mol. The van der Waals surface area contributed by atoms with E-state index in [2.05, 4.69) is 5.73 Å². The lowest BCUT2D eigenvalue weighted by molar-refractivity contribution is 1.56. The normalized spacial score (nSPS) is 15.7. The van der Waals surface area contributed by atoms with Gasteiger partial charge < -0.3 is 5.73 Å². The van der Waals surface area contributed by atoms with E-state index >= 15 is 0 Å². The zero-order valence-electron chi connectivity index (χ0n) is 4.81. The van der Waals surface area contributed by atoms with Crippen LogP contribution in [0.15, 0.2) is 29.7 Å². The van der Waals surface area contributed by atoms with E-state index in [1.165, 1.54) is 0 Å². The predicted molar refractivity (Wildman–Crippen MR) is 30.5 cm³/mol. The average Bonchev–Trinajstić information content (AvgIpc) is 1.69. The molecule has 0 spiro atoms. The summed E-state index contributed by atoms with van der Waals surface area (Å²) in [4.78, 5) is 0. The van der Waals surface area contributed by atoms with E-state index in [1.54, 1.807) is 24.6 Å². The van der Waals surface area contributed by atoms with E-state index < -0.39 is 0 Å². The molecular formula is C6H6N+. The molecule has 0 aromatic rings. The van der Waals surface area contributed by atoms with Crippen LogP contribution in [0.5, 0.6) is 0 Å². The molecule has 0 atom stereocenters. The van der Waals surface area contributed by atoms with Gasteiger partial charge in [-0.2, -0.15) is 0 Å². The van der Waals surface area contributed by atoms with Crippen molar-refractivity contribution in [2.24, 2.45) is 0 Å². The molecule has 1 N–H and O–H groups in total. The summed E-state index contributed by atoms with van der Waals surface area (Å²) in [6.45, 7) is 0. The van der Waals surface area contributed by atoms with Gasteiger partial charge in [-0.3, -0.25) is 0 Å². The van der Waals surface area contributed by atoms with Gasteiger partial charge in [0.1, 0.15) is 12.2 Å². The minimum absolute atomic E-state index is 0. The fraction of sp³-hybridized carbons (Fsp3) is 0. The van der Waals surface area contributed by atoms with Gasteiger partial charge in [0, 0.05) is 18.2 Å². The first kappa shape index (κ1) is 4.10. The molecule has 0 saturated heterocycles. The highest BCUT2D eigenvalue weighted by Crippen LogP contribution is 2.02. The maximum atomic E-state index is 6.98. The van der Waals surface area contributed by atoms with E-state index in [9.17, 15) is 0 Å². The van der Waals surface area contributed by atoms with Crippen molar-refractivity contribution in [2.75, 3.05) is 0 Å². The third-order valence-electron chi connectivity index (χ3n) is 0.718. The van der Waals surface area contributed by atoms with Crippen molar-refractivity contribution in [3.63, 3.8) is 0 Å². The van der Waals surface area contributed by atoms with E-state index in [-0.39, 0.29) is 1.43 Å². The summed E-state index contributed by atoms with van der Waals surface area (Å²) in [5.74, 6) is 0. The molecule has 0 saturated carbocycles. The molecule has 0 aliphatic heterocycles. The van der Waals surface area contributed by atoms with Crippen LogP contribution in [0.25, 0.3) is 5.73 Å². The Kier molecular flexibility index (Phi) is 0.928. The molecule has 0 radical (unpaired) electrons. The highest BCUT2D eigenvalue weighted by atomic mass is 14.6. The summed E-state index contributed by atoms with van der Waals surface area (Å²) < 4.78 is 0. The van der Waals surface area contributed by atoms with Crippen molar-refractivity contribution in [1.29, 1.82) is 0 Å². The Morgan fingerprint density at radius 1 is 1.86 bits per heavy atom. The van der Waals surface area contributed by atoms with Gasteiger partial charge in [0.15, 0.2) is 0 Å². The maximum Gasteiger partial charge on any atom is 1.00 e. The maximum absolute atomic E-state index is 6.98. The van der Waals surface area contributed by atoms with Crippen LogP contribution in [0.1, 0.15) is 1.43 Å². The minimum atomic E-state index is 0. The zero-order valence-corrected chi connectivity index (χ0v) is 3.81. The molecule has 0 heterocycles. The Bertz CT molecular complexity index is 152. The van der Waals surface area contributed by atoms with Gasteiger partial charge in [0.25, 0.3) is 0 Å². The van der Waals surface area contributed by atoms with Crippen LogP contribution in [0.4, 0.5) is 0 Å². The Balaban J connectivity index is 0.000000490. The summed E-state index contributed by atoms with van der Waals surface area (Å²) in [6, 6.07) is 0. The minimum Gasteiger partial charge on any atom is -0.675 e. The Hall–Kier alpha value is -1.07. The second-order valence-corrected chi connectivity index (χ2v) is 1.29. The molecule has 0 aromatic carbocycles. The first-order chi connectivity index (χ1) is 3.39. The molecule has 0 amide bonds. The molecule has 7 heavy (non-hydrogen) atoms. The van der Waals surface area contributed by atoms with Crippen molar-refractivity contribution in [2.45, 2.75) is 0 Å². The summed E-state index contributed by atoms with van der Waals surface area (Å²) in [5, 5.41) is 0. The molecule has 0 bridgehead atoms. The van der Waals surface area contributed by atoms with E-state index in [4.69, 9.17) is 5.73 Å². The fourth-order valence-corrected chi connectivity index (χ4v) is 0.387. The number of nitrogens with one attached hydrogen (secondary N) is 1. The number of hydrogen-bond acceptors (Lipinski definition) is 0. The number of allylic oxidation sites excluding steroid dienone is 2. The van der Waals surface area contributed by atoms with Crippen LogP contribution in [-0.2, 0) is 0 Å². The summed E-state index contributed by atoms with van der Waals surface area (Å²) in [7, 11) is 0. The van der Waals surface area contributed by atoms with Gasteiger partial charge in [-0.1, -0.05) is 0 Å². The molecule has 1 aliphatic carbocycles. The lowest BCUT2D eigenvalue weighted by Crippen LogP contribution is -1.72. The third kappa shape index (κ3) is 0.881. The van der Waals surface area contributed by atoms with Crippen LogP contribution < -0.4 is 0 Å². The highest BCUT2D eigenvalue weighted by Gasteiger charge is 1.86. The second kappa shape index (κ2) is 1.59. The Morgan fingerprint density at radius 2 is 2.71 bits per heavy atom. The fourth-order valence-electron chi connectivity index (χ4n) is 0.387. The molecule has 1 aliphatic rings. The SMILES string of the molecule is [H+].[NH-]C1=CC=C=C[CH+]1. The third-order valence-corrected chi connectivity index (χ3v) is 0.718. The van der Waals surface area contributed by atoms with Gasteiger partial charge in [-0.25, -0.2) is 0 Å². The summed E-state index contributed by atoms with van der Waals surface area (Å²) in [6.07, 6.45) is 6.84. The van der Waals surface area contributed by atoms with E-state index in [1.807, 2.05) is 0 Å². The standard InChI is InChI=1S/C6H5N/c7-6-4-2-1-3-5-6/h2-5,7H/p+1. The van der Waals surface area contributed by atoms with Gasteiger partial charge in [-0.15, -0.1) is 0 Å². The van der Waals surface area contributed by atoms with Crippen molar-refractivity contribution < 1.29 is 1.43 Å². The smallest absolute Gasteiger partial charge is 0.675 e. The first-order valence-electron chi connectivity index (χ1n) is 2.07. The van der Waals surface area contributed by atoms with Crippen molar-refractivity contribution in [3.8, 4) is 0 Å². The number of hydrogen-bond donors (Lipinski definition) is 0. The van der Waals surface area contributed by atoms with Gasteiger partial charge in [0.2, 0.25) is 0 Å².